The van der Waals surface area contributed by atoms with Gasteiger partial charge in [-0.05, 0) is 17.2 Å². The molecule has 24 heavy (non-hydrogen) atoms. The van der Waals surface area contributed by atoms with Crippen LogP contribution in [0, 0.1) is 5.92 Å². The Hall–Kier alpha value is -2.60. The van der Waals surface area contributed by atoms with Crippen molar-refractivity contribution in [2.75, 3.05) is 18.4 Å². The molecule has 0 spiro atoms. The van der Waals surface area contributed by atoms with Gasteiger partial charge in [0.2, 0.25) is 0 Å². The van der Waals surface area contributed by atoms with Gasteiger partial charge < -0.3 is 10.6 Å². The highest BCUT2D eigenvalue weighted by atomic mass is 15.3. The zero-order valence-corrected chi connectivity index (χ0v) is 13.6. The summed E-state index contributed by atoms with van der Waals surface area (Å²) in [5.74, 6) is 1.68. The number of hydrogen-bond acceptors (Lipinski definition) is 4. The van der Waals surface area contributed by atoms with E-state index in [1.807, 2.05) is 40.1 Å². The number of benzene rings is 1. The number of fused-ring (bicyclic) bond motifs is 1. The van der Waals surface area contributed by atoms with Crippen LogP contribution in [0.5, 0.6) is 0 Å². The maximum atomic E-state index is 4.34. The van der Waals surface area contributed by atoms with Gasteiger partial charge in [-0.3, -0.25) is 4.68 Å². The fourth-order valence-electron chi connectivity index (χ4n) is 3.16. The molecule has 0 fully saturated rings. The molecule has 4 rings (SSSR count). The smallest absolute Gasteiger partial charge is 0.124 e. The summed E-state index contributed by atoms with van der Waals surface area (Å²) in [5.41, 5.74) is 2.58. The molecule has 2 aromatic heterocycles. The minimum Gasteiger partial charge on any atom is -0.370 e. The van der Waals surface area contributed by atoms with Crippen molar-refractivity contribution in [3.8, 4) is 0 Å². The van der Waals surface area contributed by atoms with E-state index >= 15 is 0 Å². The van der Waals surface area contributed by atoms with Crippen molar-refractivity contribution in [2.24, 2.45) is 5.92 Å². The molecule has 0 saturated heterocycles. The standard InChI is InChI=1S/C18H22N6/c1-3-15(9-16(4-1)13-23-8-2-6-21-23)10-19-11-17-12-20-18-5-7-22-24(18)14-17/h1-9,17,19-20H,10-14H2/t17-/m1/s1. The molecule has 6 nitrogen and oxygen atoms in total. The Morgan fingerprint density at radius 3 is 3.00 bits per heavy atom. The predicted molar refractivity (Wildman–Crippen MR) is 93.7 cm³/mol. The van der Waals surface area contributed by atoms with Crippen molar-refractivity contribution in [1.82, 2.24) is 24.9 Å². The normalized spacial score (nSPS) is 16.6. The number of nitrogens with one attached hydrogen (secondary N) is 2. The van der Waals surface area contributed by atoms with E-state index in [1.54, 1.807) is 0 Å². The zero-order valence-electron chi connectivity index (χ0n) is 13.6. The van der Waals surface area contributed by atoms with Gasteiger partial charge in [0.25, 0.3) is 0 Å². The molecule has 3 aromatic rings. The summed E-state index contributed by atoms with van der Waals surface area (Å²) < 4.78 is 3.99. The van der Waals surface area contributed by atoms with Crippen LogP contribution >= 0.6 is 0 Å². The Balaban J connectivity index is 1.29. The lowest BCUT2D eigenvalue weighted by Crippen LogP contribution is -2.35. The van der Waals surface area contributed by atoms with Gasteiger partial charge in [-0.15, -0.1) is 0 Å². The van der Waals surface area contributed by atoms with E-state index in [1.165, 1.54) is 11.1 Å². The highest BCUT2D eigenvalue weighted by Crippen LogP contribution is 2.15. The lowest BCUT2D eigenvalue weighted by Gasteiger charge is -2.25. The summed E-state index contributed by atoms with van der Waals surface area (Å²) in [6.07, 6.45) is 5.66. The van der Waals surface area contributed by atoms with E-state index < -0.39 is 0 Å². The van der Waals surface area contributed by atoms with E-state index in [0.717, 1.165) is 38.5 Å². The van der Waals surface area contributed by atoms with Gasteiger partial charge in [0, 0.05) is 50.6 Å². The third-order valence-corrected chi connectivity index (χ3v) is 4.38. The first-order chi connectivity index (χ1) is 11.9. The highest BCUT2D eigenvalue weighted by molar-refractivity contribution is 5.35. The van der Waals surface area contributed by atoms with Gasteiger partial charge in [0.1, 0.15) is 5.82 Å². The Bertz CT molecular complexity index is 776. The Morgan fingerprint density at radius 2 is 2.08 bits per heavy atom. The minimum absolute atomic E-state index is 0.560. The van der Waals surface area contributed by atoms with E-state index in [4.69, 9.17) is 0 Å². The van der Waals surface area contributed by atoms with Crippen LogP contribution in [0.15, 0.2) is 55.0 Å². The Kier molecular flexibility index (Phi) is 4.29. The zero-order chi connectivity index (χ0) is 16.2. The molecule has 6 heteroatoms. The molecule has 0 aliphatic carbocycles. The average molecular weight is 322 g/mol. The Labute approximate surface area is 141 Å². The molecule has 1 aliphatic heterocycles. The molecule has 1 aliphatic rings. The first-order valence-corrected chi connectivity index (χ1v) is 8.38. The number of aromatic nitrogens is 4. The fourth-order valence-corrected chi connectivity index (χ4v) is 3.16. The molecule has 1 atom stereocenters. The average Bonchev–Trinajstić information content (AvgIpc) is 3.26. The van der Waals surface area contributed by atoms with E-state index in [0.29, 0.717) is 5.92 Å². The summed E-state index contributed by atoms with van der Waals surface area (Å²) in [7, 11) is 0. The largest absolute Gasteiger partial charge is 0.370 e. The van der Waals surface area contributed by atoms with Crippen LogP contribution < -0.4 is 10.6 Å². The van der Waals surface area contributed by atoms with Crippen LogP contribution in [0.4, 0.5) is 5.82 Å². The second kappa shape index (κ2) is 6.88. The SMILES string of the molecule is c1cc(CNC[C@@H]2CNc3ccnn3C2)cc(Cn2cccn2)c1. The minimum atomic E-state index is 0.560. The first-order valence-electron chi connectivity index (χ1n) is 8.38. The van der Waals surface area contributed by atoms with Crippen molar-refractivity contribution in [1.29, 1.82) is 0 Å². The third-order valence-electron chi connectivity index (χ3n) is 4.38. The molecule has 0 saturated carbocycles. The van der Waals surface area contributed by atoms with Gasteiger partial charge in [-0.25, -0.2) is 4.68 Å². The van der Waals surface area contributed by atoms with Crippen LogP contribution in [-0.2, 0) is 19.6 Å². The van der Waals surface area contributed by atoms with Crippen molar-refractivity contribution in [2.45, 2.75) is 19.6 Å². The Morgan fingerprint density at radius 1 is 1.12 bits per heavy atom. The molecule has 1 aromatic carbocycles. The van der Waals surface area contributed by atoms with E-state index in [2.05, 4.69) is 45.1 Å². The predicted octanol–water partition coefficient (Wildman–Crippen LogP) is 1.96. The summed E-state index contributed by atoms with van der Waals surface area (Å²) in [5, 5.41) is 15.6. The van der Waals surface area contributed by atoms with Gasteiger partial charge in [0.05, 0.1) is 12.7 Å². The maximum Gasteiger partial charge on any atom is 0.124 e. The maximum absolute atomic E-state index is 4.34. The monoisotopic (exact) mass is 322 g/mol. The van der Waals surface area contributed by atoms with Gasteiger partial charge in [-0.2, -0.15) is 10.2 Å². The number of rotatable bonds is 6. The molecule has 0 amide bonds. The quantitative estimate of drug-likeness (QED) is 0.728. The van der Waals surface area contributed by atoms with Crippen LogP contribution in [0.3, 0.4) is 0 Å². The molecule has 2 N–H and O–H groups in total. The third kappa shape index (κ3) is 3.49. The molecular formula is C18H22N6. The van der Waals surface area contributed by atoms with E-state index in [9.17, 15) is 0 Å². The van der Waals surface area contributed by atoms with Crippen molar-refractivity contribution in [3.05, 3.63) is 66.1 Å². The molecule has 0 bridgehead atoms. The van der Waals surface area contributed by atoms with Crippen LogP contribution in [0.1, 0.15) is 11.1 Å². The van der Waals surface area contributed by atoms with Gasteiger partial charge >= 0.3 is 0 Å². The lowest BCUT2D eigenvalue weighted by atomic mass is 10.1. The van der Waals surface area contributed by atoms with Gasteiger partial charge in [0.15, 0.2) is 0 Å². The number of nitrogens with zero attached hydrogens (tertiary/aromatic N) is 4. The highest BCUT2D eigenvalue weighted by Gasteiger charge is 2.17. The second-order valence-corrected chi connectivity index (χ2v) is 6.30. The molecule has 124 valence electrons. The van der Waals surface area contributed by atoms with Crippen LogP contribution in [0.25, 0.3) is 0 Å². The van der Waals surface area contributed by atoms with Crippen molar-refractivity contribution < 1.29 is 0 Å². The first kappa shape index (κ1) is 15.0. The number of anilines is 1. The number of hydrogen-bond donors (Lipinski definition) is 2. The lowest BCUT2D eigenvalue weighted by molar-refractivity contribution is 0.391. The molecule has 3 heterocycles. The summed E-state index contributed by atoms with van der Waals surface area (Å²) in [6.45, 7) is 4.65. The molecule has 0 radical (unpaired) electrons. The van der Waals surface area contributed by atoms with Crippen molar-refractivity contribution >= 4 is 5.82 Å². The fraction of sp³-hybridized carbons (Fsp3) is 0.333. The van der Waals surface area contributed by atoms with E-state index in [-0.39, 0.29) is 0 Å². The molecule has 0 unspecified atom stereocenters. The van der Waals surface area contributed by atoms with Crippen LogP contribution in [0.2, 0.25) is 0 Å². The summed E-state index contributed by atoms with van der Waals surface area (Å²) in [4.78, 5) is 0. The van der Waals surface area contributed by atoms with Crippen molar-refractivity contribution in [3.63, 3.8) is 0 Å². The second-order valence-electron chi connectivity index (χ2n) is 6.30. The van der Waals surface area contributed by atoms with Crippen LogP contribution in [-0.4, -0.2) is 32.7 Å². The molecular weight excluding hydrogens is 300 g/mol. The summed E-state index contributed by atoms with van der Waals surface area (Å²) >= 11 is 0. The topological polar surface area (TPSA) is 59.7 Å². The summed E-state index contributed by atoms with van der Waals surface area (Å²) in [6, 6.07) is 12.7. The van der Waals surface area contributed by atoms with Gasteiger partial charge in [-0.1, -0.05) is 24.3 Å².